The van der Waals surface area contributed by atoms with Crippen LogP contribution in [0, 0.1) is 24.3 Å². The monoisotopic (exact) mass is 1410 g/mol. The SMILES string of the molecule is CC(C)(C)c1[c-]c2c(cc1)-c1ccccc1C2.CC(C)(C)c1[c-]c2c(cc1)-c1ccccc1C2.CC(C)(C)c1[c-]c2c(cc1)-c1ccccc1C2.CC(C)(C)c1[c-]c2c(cc1)-c1ccccc1C2.[Cl-].[Cl-].[Ti+2]=[Si](c1ccccc1)c1ccccc1.[Ti+2]=[Si](c1ccccc1)c1ccccc1. The summed E-state index contributed by atoms with van der Waals surface area (Å²) < 4.78 is 0. The van der Waals surface area contributed by atoms with Crippen molar-refractivity contribution in [2.24, 2.45) is 0 Å². The number of hydrogen-bond donors (Lipinski definition) is 0. The Morgan fingerprint density at radius 2 is 0.398 bits per heavy atom. The number of rotatable bonds is 4. The standard InChI is InChI=1S/4C17H17.2C12H10Si.2ClH.2Ti/c4*1-17(2,3)14-8-9-16-13(11-14)10-12-6-4-5-7-15(12)16;2*1-3-7-11(8-4-1)13-12-9-5-2-6-10-12;;;;/h4*4-9H,10H2,1-3H3;2*1-10H;2*1H;;/q4*-1;;;;;2*+2/p-2. The first-order valence-electron chi connectivity index (χ1n) is 33.9. The Morgan fingerprint density at radius 1 is 0.224 bits per heavy atom. The van der Waals surface area contributed by atoms with Crippen molar-refractivity contribution in [1.29, 1.82) is 0 Å². The van der Waals surface area contributed by atoms with Crippen molar-refractivity contribution in [3.05, 3.63) is 358 Å². The number of fused-ring (bicyclic) bond motifs is 12. The fourth-order valence-corrected chi connectivity index (χ4v) is 18.6. The molecule has 0 nitrogen and oxygen atoms in total. The van der Waals surface area contributed by atoms with Gasteiger partial charge in [-0.15, -0.1) is 44.5 Å². The van der Waals surface area contributed by atoms with Gasteiger partial charge in [-0.3, -0.25) is 0 Å². The van der Waals surface area contributed by atoms with E-state index in [1.54, 1.807) is 0 Å². The third kappa shape index (κ3) is 18.5. The topological polar surface area (TPSA) is 0 Å². The van der Waals surface area contributed by atoms with Crippen LogP contribution >= 0.6 is 0 Å². The summed E-state index contributed by atoms with van der Waals surface area (Å²) in [6.07, 6.45) is 3.06. The molecule has 0 bridgehead atoms. The van der Waals surface area contributed by atoms with Gasteiger partial charge in [0, 0.05) is 0 Å². The van der Waals surface area contributed by atoms with Crippen LogP contribution in [0.3, 0.4) is 0 Å². The van der Waals surface area contributed by atoms with Gasteiger partial charge >= 0.3 is 193 Å². The van der Waals surface area contributed by atoms with Gasteiger partial charge in [0.1, 0.15) is 0 Å². The van der Waals surface area contributed by atoms with E-state index in [1.807, 2.05) is 0 Å². The van der Waals surface area contributed by atoms with Gasteiger partial charge in [-0.25, -0.2) is 0 Å². The predicted molar refractivity (Wildman–Crippen MR) is 405 cm³/mol. The van der Waals surface area contributed by atoms with Gasteiger partial charge < -0.3 is 24.8 Å². The van der Waals surface area contributed by atoms with E-state index in [2.05, 4.69) is 413 Å². The summed E-state index contributed by atoms with van der Waals surface area (Å²) in [5.74, 6) is 0. The van der Waals surface area contributed by atoms with E-state index < -0.39 is 12.4 Å². The summed E-state index contributed by atoms with van der Waals surface area (Å²) >= 11 is 4.69. The molecule has 16 rings (SSSR count). The molecule has 98 heavy (non-hydrogen) atoms. The van der Waals surface area contributed by atoms with Crippen LogP contribution in [0.1, 0.15) is 150 Å². The Bertz CT molecular complexity index is 4100. The minimum atomic E-state index is -0.545. The molecule has 0 aromatic heterocycles. The van der Waals surface area contributed by atoms with Crippen molar-refractivity contribution in [3.63, 3.8) is 0 Å². The predicted octanol–water partition coefficient (Wildman–Crippen LogP) is 14.1. The Balaban J connectivity index is 0.000000137. The third-order valence-corrected chi connectivity index (χ3v) is 27.3. The number of benzene rings is 12. The fraction of sp³-hybridized carbons (Fsp3) is 0.217. The van der Waals surface area contributed by atoms with E-state index in [1.165, 1.54) is 132 Å². The van der Waals surface area contributed by atoms with Crippen LogP contribution in [-0.2, 0) is 85.7 Å². The van der Waals surface area contributed by atoms with Crippen molar-refractivity contribution in [3.8, 4) is 44.5 Å². The van der Waals surface area contributed by atoms with E-state index in [-0.39, 0.29) is 46.5 Å². The van der Waals surface area contributed by atoms with E-state index in [0.29, 0.717) is 0 Å². The molecule has 4 aliphatic carbocycles. The van der Waals surface area contributed by atoms with Crippen molar-refractivity contribution in [1.82, 2.24) is 0 Å². The van der Waals surface area contributed by atoms with Gasteiger partial charge in [0.2, 0.25) is 0 Å². The summed E-state index contributed by atoms with van der Waals surface area (Å²) in [5.41, 5.74) is 28.2. The normalized spacial score (nSPS) is 12.1. The van der Waals surface area contributed by atoms with Crippen LogP contribution in [-0.4, -0.2) is 12.4 Å². The molecule has 0 atom stereocenters. The molecule has 0 heterocycles. The first kappa shape index (κ1) is 75.3. The molecule has 0 unspecified atom stereocenters. The van der Waals surface area contributed by atoms with E-state index in [4.69, 9.17) is 0 Å². The molecule has 488 valence electrons. The van der Waals surface area contributed by atoms with Gasteiger partial charge in [-0.2, -0.15) is 95.1 Å². The van der Waals surface area contributed by atoms with E-state index in [0.717, 1.165) is 25.7 Å². The molecular weight excluding hydrogens is 1330 g/mol. The summed E-state index contributed by atoms with van der Waals surface area (Å²) in [4.78, 5) is 0. The van der Waals surface area contributed by atoms with Gasteiger partial charge in [0.05, 0.1) is 0 Å². The van der Waals surface area contributed by atoms with E-state index in [9.17, 15) is 0 Å². The molecule has 0 radical (unpaired) electrons. The molecule has 12 aromatic carbocycles. The quantitative estimate of drug-likeness (QED) is 0.122. The van der Waals surface area contributed by atoms with Crippen LogP contribution < -0.4 is 45.6 Å². The number of hydrogen-bond acceptors (Lipinski definition) is 0. The fourth-order valence-electron chi connectivity index (χ4n) is 12.7. The maximum atomic E-state index is 3.61. The second kappa shape index (κ2) is 33.0. The third-order valence-electron chi connectivity index (χ3n) is 18.3. The average molecular weight is 1420 g/mol. The molecule has 0 amide bonds. The Kier molecular flexibility index (Phi) is 25.4. The first-order valence-corrected chi connectivity index (χ1v) is 41.6. The van der Waals surface area contributed by atoms with Crippen LogP contribution in [0.4, 0.5) is 0 Å². The van der Waals surface area contributed by atoms with Crippen LogP contribution in [0.25, 0.3) is 44.5 Å². The minimum absolute atomic E-state index is 0. The molecular formula is C92H88Cl2Si2Ti2-2. The van der Waals surface area contributed by atoms with Crippen LogP contribution in [0.15, 0.2) is 267 Å². The zero-order valence-corrected chi connectivity index (χ0v) is 65.6. The Hall–Kier alpha value is -6.92. The van der Waals surface area contributed by atoms with Crippen LogP contribution in [0.2, 0.25) is 0 Å². The second-order valence-electron chi connectivity index (χ2n) is 29.6. The van der Waals surface area contributed by atoms with Crippen molar-refractivity contribution >= 4 is 33.1 Å². The molecule has 0 spiro atoms. The average Bonchev–Trinajstić information content (AvgIpc) is 1.66. The molecule has 0 saturated heterocycles. The summed E-state index contributed by atoms with van der Waals surface area (Å²) in [6.45, 7) is 26.9. The molecule has 4 aliphatic rings. The Morgan fingerprint density at radius 3 is 0.582 bits per heavy atom. The molecule has 0 aliphatic heterocycles. The van der Waals surface area contributed by atoms with Crippen molar-refractivity contribution in [2.75, 3.05) is 0 Å². The number of halogens is 2. The van der Waals surface area contributed by atoms with E-state index >= 15 is 0 Å². The molecule has 0 saturated carbocycles. The molecule has 0 N–H and O–H groups in total. The van der Waals surface area contributed by atoms with Gasteiger partial charge in [-0.05, 0) is 47.3 Å². The summed E-state index contributed by atoms with van der Waals surface area (Å²) in [7, 11) is 0. The van der Waals surface area contributed by atoms with Gasteiger partial charge in [-0.1, -0.05) is 225 Å². The Labute approximate surface area is 623 Å². The zero-order chi connectivity index (χ0) is 67.8. The molecule has 12 aromatic rings. The maximum absolute atomic E-state index is 3.61. The summed E-state index contributed by atoms with van der Waals surface area (Å²) in [5, 5.41) is 5.90. The molecule has 6 heteroatoms. The second-order valence-corrected chi connectivity index (χ2v) is 38.1. The van der Waals surface area contributed by atoms with Crippen LogP contribution in [0.5, 0.6) is 0 Å². The van der Waals surface area contributed by atoms with Crippen molar-refractivity contribution < 1.29 is 63.2 Å². The molecule has 0 fully saturated rings. The summed E-state index contributed by atoms with van der Waals surface area (Å²) in [6, 6.07) is 110. The first-order chi connectivity index (χ1) is 46.0. The zero-order valence-electron chi connectivity index (χ0n) is 59.0. The van der Waals surface area contributed by atoms with Crippen molar-refractivity contribution in [2.45, 2.75) is 130 Å². The van der Waals surface area contributed by atoms with Gasteiger partial charge in [0.25, 0.3) is 0 Å². The van der Waals surface area contributed by atoms with Gasteiger partial charge in [0.15, 0.2) is 0 Å².